The van der Waals surface area contributed by atoms with Crippen LogP contribution in [-0.4, -0.2) is 58.0 Å². The smallest absolute Gasteiger partial charge is 0.338 e. The van der Waals surface area contributed by atoms with Crippen molar-refractivity contribution < 1.29 is 27.5 Å². The molecule has 0 aliphatic carbocycles. The SMILES string of the molecule is COC(=O)c1cccc(NC(=O)c2cccc(S(=O)(=O)N3CCOCC3)c2)c1C. The lowest BCUT2D eigenvalue weighted by atomic mass is 10.1. The third-order valence-electron chi connectivity index (χ3n) is 4.69. The van der Waals surface area contributed by atoms with Crippen LogP contribution in [0.25, 0.3) is 0 Å². The number of methoxy groups -OCH3 is 1. The minimum absolute atomic E-state index is 0.0482. The highest BCUT2D eigenvalue weighted by atomic mass is 32.2. The average molecular weight is 418 g/mol. The van der Waals surface area contributed by atoms with E-state index >= 15 is 0 Å². The molecule has 2 aromatic rings. The van der Waals surface area contributed by atoms with Gasteiger partial charge in [0.15, 0.2) is 0 Å². The number of carbonyl (C=O) groups is 2. The molecule has 0 unspecified atom stereocenters. The van der Waals surface area contributed by atoms with Gasteiger partial charge in [0, 0.05) is 24.3 Å². The van der Waals surface area contributed by atoms with Gasteiger partial charge in [0.2, 0.25) is 10.0 Å². The number of hydrogen-bond donors (Lipinski definition) is 1. The largest absolute Gasteiger partial charge is 0.465 e. The van der Waals surface area contributed by atoms with Gasteiger partial charge in [0.1, 0.15) is 0 Å². The van der Waals surface area contributed by atoms with Gasteiger partial charge in [-0.2, -0.15) is 4.31 Å². The van der Waals surface area contributed by atoms with E-state index in [2.05, 4.69) is 5.32 Å². The van der Waals surface area contributed by atoms with Crippen molar-refractivity contribution in [1.29, 1.82) is 0 Å². The van der Waals surface area contributed by atoms with Crippen molar-refractivity contribution in [2.24, 2.45) is 0 Å². The molecular weight excluding hydrogens is 396 g/mol. The molecule has 29 heavy (non-hydrogen) atoms. The summed E-state index contributed by atoms with van der Waals surface area (Å²) in [5.74, 6) is -0.980. The molecule has 1 saturated heterocycles. The van der Waals surface area contributed by atoms with Gasteiger partial charge < -0.3 is 14.8 Å². The van der Waals surface area contributed by atoms with Crippen molar-refractivity contribution in [1.82, 2.24) is 4.31 Å². The molecule has 1 aliphatic heterocycles. The summed E-state index contributed by atoms with van der Waals surface area (Å²) in [6.07, 6.45) is 0. The molecule has 1 N–H and O–H groups in total. The van der Waals surface area contributed by atoms with E-state index in [0.29, 0.717) is 30.0 Å². The maximum Gasteiger partial charge on any atom is 0.338 e. The second-order valence-electron chi connectivity index (χ2n) is 6.47. The molecule has 9 heteroatoms. The molecule has 0 saturated carbocycles. The first-order chi connectivity index (χ1) is 13.8. The molecule has 154 valence electrons. The molecule has 3 rings (SSSR count). The number of rotatable bonds is 5. The van der Waals surface area contributed by atoms with Gasteiger partial charge in [0.05, 0.1) is 30.8 Å². The van der Waals surface area contributed by atoms with Crippen molar-refractivity contribution >= 4 is 27.6 Å². The highest BCUT2D eigenvalue weighted by molar-refractivity contribution is 7.89. The number of hydrogen-bond acceptors (Lipinski definition) is 6. The van der Waals surface area contributed by atoms with Crippen LogP contribution in [0.5, 0.6) is 0 Å². The van der Waals surface area contributed by atoms with Crippen LogP contribution in [0.2, 0.25) is 0 Å². The van der Waals surface area contributed by atoms with E-state index < -0.39 is 21.9 Å². The molecule has 2 aromatic carbocycles. The van der Waals surface area contributed by atoms with E-state index in [1.54, 1.807) is 25.1 Å². The predicted octanol–water partition coefficient (Wildman–Crippen LogP) is 2.05. The van der Waals surface area contributed by atoms with Gasteiger partial charge in [-0.3, -0.25) is 4.79 Å². The van der Waals surface area contributed by atoms with Crippen molar-refractivity contribution in [3.8, 4) is 0 Å². The summed E-state index contributed by atoms with van der Waals surface area (Å²) >= 11 is 0. The number of carbonyl (C=O) groups excluding carboxylic acids is 2. The Morgan fingerprint density at radius 3 is 2.48 bits per heavy atom. The summed E-state index contributed by atoms with van der Waals surface area (Å²) in [6, 6.07) is 10.8. The zero-order chi connectivity index (χ0) is 21.0. The number of amides is 1. The molecular formula is C20H22N2O6S. The van der Waals surface area contributed by atoms with Crippen molar-refractivity contribution in [2.45, 2.75) is 11.8 Å². The summed E-state index contributed by atoms with van der Waals surface area (Å²) in [6.45, 7) is 2.93. The van der Waals surface area contributed by atoms with Gasteiger partial charge in [-0.05, 0) is 42.8 Å². The summed E-state index contributed by atoms with van der Waals surface area (Å²) < 4.78 is 36.9. The monoisotopic (exact) mass is 418 g/mol. The van der Waals surface area contributed by atoms with E-state index in [9.17, 15) is 18.0 Å². The Kier molecular flexibility index (Phi) is 6.31. The quantitative estimate of drug-likeness (QED) is 0.746. The first-order valence-corrected chi connectivity index (χ1v) is 10.5. The summed E-state index contributed by atoms with van der Waals surface area (Å²) in [7, 11) is -2.42. The molecule has 1 heterocycles. The number of esters is 1. The minimum atomic E-state index is -3.71. The first-order valence-electron chi connectivity index (χ1n) is 9.02. The highest BCUT2D eigenvalue weighted by Crippen LogP contribution is 2.22. The van der Waals surface area contributed by atoms with Gasteiger partial charge in [-0.15, -0.1) is 0 Å². The maximum absolute atomic E-state index is 12.8. The standard InChI is InChI=1S/C20H22N2O6S/c1-14-17(20(24)27-2)7-4-8-18(14)21-19(23)15-5-3-6-16(13-15)29(25,26)22-9-11-28-12-10-22/h3-8,13H,9-12H2,1-2H3,(H,21,23). The zero-order valence-electron chi connectivity index (χ0n) is 16.2. The van der Waals surface area contributed by atoms with Gasteiger partial charge in [0.25, 0.3) is 5.91 Å². The van der Waals surface area contributed by atoms with E-state index in [0.717, 1.165) is 0 Å². The van der Waals surface area contributed by atoms with E-state index in [1.807, 2.05) is 0 Å². The molecule has 0 aromatic heterocycles. The Balaban J connectivity index is 1.84. The summed E-state index contributed by atoms with van der Waals surface area (Å²) in [5, 5.41) is 2.73. The third-order valence-corrected chi connectivity index (χ3v) is 6.59. The third kappa shape index (κ3) is 4.47. The van der Waals surface area contributed by atoms with Crippen molar-refractivity contribution in [2.75, 3.05) is 38.7 Å². The second kappa shape index (κ2) is 8.73. The van der Waals surface area contributed by atoms with Crippen LogP contribution < -0.4 is 5.32 Å². The normalized spacial score (nSPS) is 15.0. The van der Waals surface area contributed by atoms with Crippen LogP contribution in [0, 0.1) is 6.92 Å². The Morgan fingerprint density at radius 2 is 1.79 bits per heavy atom. The van der Waals surface area contributed by atoms with Crippen LogP contribution in [0.3, 0.4) is 0 Å². The molecule has 0 spiro atoms. The number of anilines is 1. The molecule has 1 fully saturated rings. The Bertz CT molecular complexity index is 1030. The van der Waals surface area contributed by atoms with E-state index in [-0.39, 0.29) is 23.5 Å². The maximum atomic E-state index is 12.8. The fourth-order valence-electron chi connectivity index (χ4n) is 3.03. The lowest BCUT2D eigenvalue weighted by Gasteiger charge is -2.26. The second-order valence-corrected chi connectivity index (χ2v) is 8.41. The molecule has 8 nitrogen and oxygen atoms in total. The highest BCUT2D eigenvalue weighted by Gasteiger charge is 2.27. The fourth-order valence-corrected chi connectivity index (χ4v) is 4.48. The van der Waals surface area contributed by atoms with Gasteiger partial charge >= 0.3 is 5.97 Å². The first kappa shape index (κ1) is 21.0. The van der Waals surface area contributed by atoms with E-state index in [1.165, 1.54) is 35.7 Å². The molecule has 0 radical (unpaired) electrons. The number of sulfonamides is 1. The minimum Gasteiger partial charge on any atom is -0.465 e. The molecule has 1 amide bonds. The Hall–Kier alpha value is -2.75. The van der Waals surface area contributed by atoms with Crippen LogP contribution in [-0.2, 0) is 19.5 Å². The average Bonchev–Trinajstić information content (AvgIpc) is 2.75. The number of nitrogens with one attached hydrogen (secondary N) is 1. The van der Waals surface area contributed by atoms with Crippen LogP contribution in [0.1, 0.15) is 26.3 Å². The fraction of sp³-hybridized carbons (Fsp3) is 0.300. The molecule has 0 bridgehead atoms. The van der Waals surface area contributed by atoms with Crippen molar-refractivity contribution in [3.63, 3.8) is 0 Å². The van der Waals surface area contributed by atoms with Gasteiger partial charge in [-0.25, -0.2) is 13.2 Å². The number of benzene rings is 2. The number of morpholine rings is 1. The molecule has 0 atom stereocenters. The number of ether oxygens (including phenoxy) is 2. The lowest BCUT2D eigenvalue weighted by Crippen LogP contribution is -2.40. The van der Waals surface area contributed by atoms with E-state index in [4.69, 9.17) is 9.47 Å². The Morgan fingerprint density at radius 1 is 1.10 bits per heavy atom. The van der Waals surface area contributed by atoms with Crippen LogP contribution >= 0.6 is 0 Å². The van der Waals surface area contributed by atoms with Crippen LogP contribution in [0.4, 0.5) is 5.69 Å². The predicted molar refractivity (Wildman–Crippen MR) is 106 cm³/mol. The number of nitrogens with zero attached hydrogens (tertiary/aromatic N) is 1. The van der Waals surface area contributed by atoms with Gasteiger partial charge in [-0.1, -0.05) is 12.1 Å². The topological polar surface area (TPSA) is 102 Å². The molecule has 1 aliphatic rings. The van der Waals surface area contributed by atoms with Crippen LogP contribution in [0.15, 0.2) is 47.4 Å². The summed E-state index contributed by atoms with van der Waals surface area (Å²) in [5.41, 5.74) is 1.54. The van der Waals surface area contributed by atoms with Crippen molar-refractivity contribution in [3.05, 3.63) is 59.2 Å². The lowest BCUT2D eigenvalue weighted by molar-refractivity contribution is 0.0599. The summed E-state index contributed by atoms with van der Waals surface area (Å²) in [4.78, 5) is 24.6. The zero-order valence-corrected chi connectivity index (χ0v) is 17.0. The Labute approximate surface area is 169 Å².